The molecule has 5 aliphatic rings. The molecule has 0 fully saturated rings. The SMILES string of the molecule is NC(=O)CCC(NC(=O)CCNS(=O)(=O)Nc1ccc(C2=c3cc4c5c(c3Oc3c2cc2c6c3CCCN6CCC2)CCC[N+]=5CCC4)c(S(=O)(=O)O)c1)C(=O)CCC(=O)O. The van der Waals surface area contributed by atoms with E-state index < -0.39 is 80.6 Å². The van der Waals surface area contributed by atoms with Crippen molar-refractivity contribution >= 4 is 60.8 Å². The summed E-state index contributed by atoms with van der Waals surface area (Å²) in [5.74, 6) is -1.96. The Bertz CT molecular complexity index is 2730. The largest absolute Gasteiger partial charge is 0.481 e. The molecule has 0 saturated heterocycles. The van der Waals surface area contributed by atoms with Crippen molar-refractivity contribution in [3.63, 3.8) is 0 Å². The first-order valence-electron chi connectivity index (χ1n) is 20.7. The first-order valence-corrected chi connectivity index (χ1v) is 23.6. The van der Waals surface area contributed by atoms with Gasteiger partial charge in [0.15, 0.2) is 5.78 Å². The van der Waals surface area contributed by atoms with Crippen LogP contribution in [0, 0.1) is 0 Å². The molecule has 5 heterocycles. The van der Waals surface area contributed by atoms with Crippen molar-refractivity contribution in [1.29, 1.82) is 0 Å². The highest BCUT2D eigenvalue weighted by molar-refractivity contribution is 7.90. The number of nitrogens with one attached hydrogen (secondary N) is 3. The van der Waals surface area contributed by atoms with Crippen LogP contribution in [0.3, 0.4) is 0 Å². The summed E-state index contributed by atoms with van der Waals surface area (Å²) in [6, 6.07) is 6.96. The second kappa shape index (κ2) is 16.8. The van der Waals surface area contributed by atoms with Crippen molar-refractivity contribution in [3.8, 4) is 11.5 Å². The van der Waals surface area contributed by atoms with Gasteiger partial charge in [0.25, 0.3) is 20.3 Å². The average Bonchev–Trinajstić information content (AvgIpc) is 3.21. The lowest BCUT2D eigenvalue weighted by molar-refractivity contribution is -0.139. The number of aliphatic carboxylic acids is 1. The molecule has 0 aliphatic carbocycles. The number of aryl methyl sites for hydroxylation is 2. The number of carbonyl (C=O) groups excluding carboxylic acids is 3. The van der Waals surface area contributed by atoms with Gasteiger partial charge >= 0.3 is 5.97 Å². The molecule has 19 heteroatoms. The summed E-state index contributed by atoms with van der Waals surface area (Å²) in [5, 5.41) is 13.2. The summed E-state index contributed by atoms with van der Waals surface area (Å²) in [7, 11) is -9.40. The first-order chi connectivity index (χ1) is 29.1. The van der Waals surface area contributed by atoms with E-state index in [2.05, 4.69) is 36.4 Å². The number of nitrogens with two attached hydrogens (primary N) is 1. The summed E-state index contributed by atoms with van der Waals surface area (Å²) >= 11 is 0. The predicted molar refractivity (Wildman–Crippen MR) is 224 cm³/mol. The Morgan fingerprint density at radius 3 is 2.30 bits per heavy atom. The van der Waals surface area contributed by atoms with Crippen LogP contribution in [-0.4, -0.2) is 88.8 Å². The highest BCUT2D eigenvalue weighted by Gasteiger charge is 2.37. The molecule has 7 N–H and O–H groups in total. The normalized spacial score (nSPS) is 16.9. The Morgan fingerprint density at radius 1 is 0.836 bits per heavy atom. The fourth-order valence-electron chi connectivity index (χ4n) is 9.57. The summed E-state index contributed by atoms with van der Waals surface area (Å²) in [6.45, 7) is 3.34. The van der Waals surface area contributed by atoms with Crippen LogP contribution in [0.25, 0.3) is 5.57 Å². The maximum atomic E-state index is 13.4. The zero-order chi connectivity index (χ0) is 43.2. The van der Waals surface area contributed by atoms with Crippen molar-refractivity contribution in [2.45, 2.75) is 94.4 Å². The maximum absolute atomic E-state index is 13.4. The lowest BCUT2D eigenvalue weighted by Crippen LogP contribution is -2.45. The summed E-state index contributed by atoms with van der Waals surface area (Å²) in [4.78, 5) is 49.4. The summed E-state index contributed by atoms with van der Waals surface area (Å²) < 4.78 is 78.0. The number of carboxylic acids is 1. The Balaban J connectivity index is 1.12. The van der Waals surface area contributed by atoms with Crippen molar-refractivity contribution in [2.24, 2.45) is 5.73 Å². The topological polar surface area (TPSA) is 255 Å². The number of amides is 2. The first kappa shape index (κ1) is 42.3. The van der Waals surface area contributed by atoms with Gasteiger partial charge in [0, 0.05) is 90.5 Å². The molecule has 61 heavy (non-hydrogen) atoms. The number of anilines is 2. The van der Waals surface area contributed by atoms with Gasteiger partial charge in [-0.05, 0) is 74.8 Å². The van der Waals surface area contributed by atoms with E-state index in [-0.39, 0.29) is 24.1 Å². The number of carbonyl (C=O) groups is 4. The van der Waals surface area contributed by atoms with Crippen molar-refractivity contribution < 1.29 is 50.4 Å². The van der Waals surface area contributed by atoms with Gasteiger partial charge in [0.2, 0.25) is 17.2 Å². The van der Waals surface area contributed by atoms with Crippen LogP contribution in [0.4, 0.5) is 11.4 Å². The van der Waals surface area contributed by atoms with Crippen LogP contribution in [0.5, 0.6) is 11.5 Å². The van der Waals surface area contributed by atoms with Crippen molar-refractivity contribution in [1.82, 2.24) is 14.6 Å². The third-order valence-electron chi connectivity index (χ3n) is 12.1. The van der Waals surface area contributed by atoms with Crippen LogP contribution in [0.1, 0.15) is 91.2 Å². The predicted octanol–water partition coefficient (Wildman–Crippen LogP) is 1.19. The molecular weight excluding hydrogens is 829 g/mol. The fraction of sp³-hybridized carbons (Fsp3) is 0.452. The van der Waals surface area contributed by atoms with Crippen LogP contribution in [-0.2, 0) is 65.2 Å². The average molecular weight is 878 g/mol. The van der Waals surface area contributed by atoms with Gasteiger partial charge < -0.3 is 25.8 Å². The highest BCUT2D eigenvalue weighted by Crippen LogP contribution is 2.49. The lowest BCUT2D eigenvalue weighted by Gasteiger charge is -2.39. The second-order valence-corrected chi connectivity index (χ2v) is 19.2. The van der Waals surface area contributed by atoms with Crippen molar-refractivity contribution in [2.75, 3.05) is 42.3 Å². The summed E-state index contributed by atoms with van der Waals surface area (Å²) in [5.41, 5.74) is 12.2. The summed E-state index contributed by atoms with van der Waals surface area (Å²) in [6.07, 6.45) is 5.37. The molecule has 1 atom stereocenters. The Kier molecular flexibility index (Phi) is 11.7. The highest BCUT2D eigenvalue weighted by atomic mass is 32.2. The van der Waals surface area contributed by atoms with E-state index in [4.69, 9.17) is 15.6 Å². The molecule has 5 aliphatic heterocycles. The van der Waals surface area contributed by atoms with E-state index in [9.17, 15) is 40.6 Å². The quantitative estimate of drug-likeness (QED) is 0.0686. The van der Waals surface area contributed by atoms with Gasteiger partial charge in [-0.15, -0.1) is 0 Å². The van der Waals surface area contributed by atoms with E-state index >= 15 is 0 Å². The Labute approximate surface area is 353 Å². The van der Waals surface area contributed by atoms with Crippen LogP contribution < -0.4 is 45.3 Å². The number of Topliss-reactive ketones (excluding diaryl/α,β-unsaturated/α-hetero) is 1. The van der Waals surface area contributed by atoms with E-state index in [1.54, 1.807) is 0 Å². The number of ketones is 1. The molecular formula is C42H49N6O11S2+. The van der Waals surface area contributed by atoms with E-state index in [1.807, 2.05) is 0 Å². The molecule has 324 valence electrons. The van der Waals surface area contributed by atoms with Gasteiger partial charge in [-0.3, -0.25) is 28.5 Å². The number of benzene rings is 3. The lowest BCUT2D eigenvalue weighted by atomic mass is 9.82. The number of fused-ring (bicyclic) bond motifs is 4. The number of ether oxygens (including phenoxy) is 1. The standard InChI is InChI=1S/C42H48N6O11S2/c43-35(50)13-11-32(33(49)12-14-37(52)53)45-36(51)15-16-44-61(57,58)46-26-9-10-27(34(23-26)60(54,55)56)38-30-21-24-5-1-17-47-19-3-7-28(39(24)47)41(30)59-42-29-8-4-20-48-18-2-6-25(40(29)48)22-31(38)42/h9-10,21-23,32,44H,1-8,11-20H2,(H5,43,45,50,51,52,53,54,55,56)/p+1. The number of hydrogen-bond donors (Lipinski definition) is 6. The maximum Gasteiger partial charge on any atom is 0.303 e. The molecule has 3 aromatic rings. The molecule has 1 unspecified atom stereocenters. The zero-order valence-electron chi connectivity index (χ0n) is 33.5. The monoisotopic (exact) mass is 877 g/mol. The molecule has 0 spiro atoms. The number of hydrogen-bond acceptors (Lipinski definition) is 10. The van der Waals surface area contributed by atoms with E-state index in [0.717, 1.165) is 117 Å². The van der Waals surface area contributed by atoms with Crippen LogP contribution in [0.15, 0.2) is 35.2 Å². The van der Waals surface area contributed by atoms with Gasteiger partial charge in [0.05, 0.1) is 23.7 Å². The molecule has 0 radical (unpaired) electrons. The molecule has 3 aromatic carbocycles. The van der Waals surface area contributed by atoms with E-state index in [0.29, 0.717) is 17.1 Å². The van der Waals surface area contributed by atoms with Crippen LogP contribution in [0.2, 0.25) is 0 Å². The van der Waals surface area contributed by atoms with Gasteiger partial charge in [-0.1, -0.05) is 6.07 Å². The molecule has 8 rings (SSSR count). The fourth-order valence-corrected chi connectivity index (χ4v) is 11.2. The van der Waals surface area contributed by atoms with E-state index in [1.165, 1.54) is 23.2 Å². The Hall–Kier alpha value is -5.37. The second-order valence-electron chi connectivity index (χ2n) is 16.3. The smallest absolute Gasteiger partial charge is 0.303 e. The number of carboxylic acid groups (broad SMARTS) is 1. The number of rotatable bonds is 16. The Morgan fingerprint density at radius 2 is 1.56 bits per heavy atom. The minimum absolute atomic E-state index is 0.161. The minimum Gasteiger partial charge on any atom is -0.481 e. The molecule has 0 aromatic heterocycles. The number of primary amides is 1. The van der Waals surface area contributed by atoms with Gasteiger partial charge in [0.1, 0.15) is 29.5 Å². The molecule has 2 amide bonds. The molecule has 17 nitrogen and oxygen atoms in total. The van der Waals surface area contributed by atoms with Gasteiger partial charge in [-0.25, -0.2) is 4.58 Å². The molecule has 0 saturated carbocycles. The van der Waals surface area contributed by atoms with Crippen LogP contribution >= 0.6 is 0 Å². The van der Waals surface area contributed by atoms with Gasteiger partial charge in [-0.2, -0.15) is 21.6 Å². The third kappa shape index (κ3) is 8.73. The third-order valence-corrected chi connectivity index (χ3v) is 14.1. The minimum atomic E-state index is -4.97. The molecule has 0 bridgehead atoms. The van der Waals surface area contributed by atoms with Crippen molar-refractivity contribution in [3.05, 3.63) is 74.3 Å². The zero-order valence-corrected chi connectivity index (χ0v) is 35.2. The number of nitrogens with zero attached hydrogens (tertiary/aromatic N) is 2.